The molecule has 1 fully saturated rings. The Morgan fingerprint density at radius 1 is 1.14 bits per heavy atom. The van der Waals surface area contributed by atoms with Gasteiger partial charge in [0.1, 0.15) is 0 Å². The van der Waals surface area contributed by atoms with Crippen molar-refractivity contribution in [3.63, 3.8) is 0 Å². The van der Waals surface area contributed by atoms with Crippen molar-refractivity contribution in [2.75, 3.05) is 37.6 Å². The number of piperazine rings is 1. The van der Waals surface area contributed by atoms with E-state index >= 15 is 0 Å². The Labute approximate surface area is 128 Å². The van der Waals surface area contributed by atoms with Gasteiger partial charge in [0, 0.05) is 44.5 Å². The summed E-state index contributed by atoms with van der Waals surface area (Å²) in [6.45, 7) is 9.47. The number of nitriles is 1. The molecule has 4 heteroatoms. The van der Waals surface area contributed by atoms with Crippen LogP contribution in [0, 0.1) is 11.3 Å². The molecule has 0 bridgehead atoms. The van der Waals surface area contributed by atoms with Gasteiger partial charge in [-0.25, -0.2) is 0 Å². The first kappa shape index (κ1) is 15.8. The Bertz CT molecular complexity index is 444. The molecule has 0 aliphatic carbocycles. The SMILES string of the molecule is CC(C)NC(C#N)CCN1CCN(c2ccccc2)CC1. The van der Waals surface area contributed by atoms with Crippen LogP contribution in [0.4, 0.5) is 5.69 Å². The lowest BCUT2D eigenvalue weighted by molar-refractivity contribution is 0.247. The lowest BCUT2D eigenvalue weighted by Crippen LogP contribution is -2.47. The van der Waals surface area contributed by atoms with E-state index in [0.29, 0.717) is 6.04 Å². The highest BCUT2D eigenvalue weighted by Crippen LogP contribution is 2.15. The molecule has 0 radical (unpaired) electrons. The maximum atomic E-state index is 9.16. The van der Waals surface area contributed by atoms with E-state index < -0.39 is 0 Å². The molecule has 21 heavy (non-hydrogen) atoms. The minimum absolute atomic E-state index is 0.0304. The third-order valence-corrected chi connectivity index (χ3v) is 3.92. The van der Waals surface area contributed by atoms with Gasteiger partial charge in [0.05, 0.1) is 12.1 Å². The Morgan fingerprint density at radius 2 is 1.81 bits per heavy atom. The van der Waals surface area contributed by atoms with Crippen molar-refractivity contribution in [1.82, 2.24) is 10.2 Å². The average molecular weight is 286 g/mol. The van der Waals surface area contributed by atoms with Gasteiger partial charge in [-0.05, 0) is 32.4 Å². The summed E-state index contributed by atoms with van der Waals surface area (Å²) >= 11 is 0. The molecule has 0 saturated carbocycles. The van der Waals surface area contributed by atoms with Gasteiger partial charge in [-0.1, -0.05) is 18.2 Å². The highest BCUT2D eigenvalue weighted by atomic mass is 15.3. The summed E-state index contributed by atoms with van der Waals surface area (Å²) in [6.07, 6.45) is 0.903. The van der Waals surface area contributed by atoms with Crippen LogP contribution < -0.4 is 10.2 Å². The van der Waals surface area contributed by atoms with E-state index in [1.807, 2.05) is 0 Å². The van der Waals surface area contributed by atoms with Crippen molar-refractivity contribution in [2.45, 2.75) is 32.4 Å². The number of rotatable bonds is 6. The largest absolute Gasteiger partial charge is 0.369 e. The van der Waals surface area contributed by atoms with Crippen LogP contribution in [0.1, 0.15) is 20.3 Å². The van der Waals surface area contributed by atoms with Gasteiger partial charge in [0.15, 0.2) is 0 Å². The zero-order chi connectivity index (χ0) is 15.1. The van der Waals surface area contributed by atoms with Gasteiger partial charge in [-0.2, -0.15) is 5.26 Å². The molecule has 1 N–H and O–H groups in total. The minimum atomic E-state index is -0.0304. The van der Waals surface area contributed by atoms with E-state index in [1.165, 1.54) is 5.69 Å². The van der Waals surface area contributed by atoms with Gasteiger partial charge in [0.2, 0.25) is 0 Å². The van der Waals surface area contributed by atoms with E-state index in [2.05, 4.69) is 65.4 Å². The molecule has 1 aliphatic heterocycles. The summed E-state index contributed by atoms with van der Waals surface area (Å²) in [5, 5.41) is 12.5. The van der Waals surface area contributed by atoms with Gasteiger partial charge in [0.25, 0.3) is 0 Å². The molecular weight excluding hydrogens is 260 g/mol. The molecule has 4 nitrogen and oxygen atoms in total. The summed E-state index contributed by atoms with van der Waals surface area (Å²) in [5.41, 5.74) is 1.31. The standard InChI is InChI=1S/C17H26N4/c1-15(2)19-16(14-18)8-9-20-10-12-21(13-11-20)17-6-4-3-5-7-17/h3-7,15-16,19H,8-13H2,1-2H3. The highest BCUT2D eigenvalue weighted by Gasteiger charge is 2.18. The molecule has 0 spiro atoms. The van der Waals surface area contributed by atoms with Crippen molar-refractivity contribution in [1.29, 1.82) is 5.26 Å². The molecule has 1 aromatic carbocycles. The van der Waals surface area contributed by atoms with Crippen LogP contribution in [0.2, 0.25) is 0 Å². The van der Waals surface area contributed by atoms with Gasteiger partial charge >= 0.3 is 0 Å². The van der Waals surface area contributed by atoms with Crippen molar-refractivity contribution in [3.05, 3.63) is 30.3 Å². The zero-order valence-corrected chi connectivity index (χ0v) is 13.1. The van der Waals surface area contributed by atoms with Crippen LogP contribution in [-0.4, -0.2) is 49.7 Å². The topological polar surface area (TPSA) is 42.3 Å². The monoisotopic (exact) mass is 286 g/mol. The van der Waals surface area contributed by atoms with Crippen molar-refractivity contribution in [2.24, 2.45) is 0 Å². The Balaban J connectivity index is 1.73. The predicted molar refractivity (Wildman–Crippen MR) is 87.4 cm³/mol. The number of anilines is 1. The Morgan fingerprint density at radius 3 is 2.38 bits per heavy atom. The zero-order valence-electron chi connectivity index (χ0n) is 13.1. The normalized spacial score (nSPS) is 17.7. The number of benzene rings is 1. The van der Waals surface area contributed by atoms with Gasteiger partial charge in [-0.3, -0.25) is 10.2 Å². The van der Waals surface area contributed by atoms with E-state index in [0.717, 1.165) is 39.1 Å². The second-order valence-electron chi connectivity index (χ2n) is 5.96. The summed E-state index contributed by atoms with van der Waals surface area (Å²) < 4.78 is 0. The molecule has 1 heterocycles. The summed E-state index contributed by atoms with van der Waals surface area (Å²) in [6, 6.07) is 13.3. The molecule has 0 aromatic heterocycles. The first-order chi connectivity index (χ1) is 10.2. The summed E-state index contributed by atoms with van der Waals surface area (Å²) in [7, 11) is 0. The van der Waals surface area contributed by atoms with Crippen molar-refractivity contribution in [3.8, 4) is 6.07 Å². The lowest BCUT2D eigenvalue weighted by Gasteiger charge is -2.36. The molecule has 1 unspecified atom stereocenters. The summed E-state index contributed by atoms with van der Waals surface area (Å²) in [5.74, 6) is 0. The highest BCUT2D eigenvalue weighted by molar-refractivity contribution is 5.46. The summed E-state index contributed by atoms with van der Waals surface area (Å²) in [4.78, 5) is 4.90. The fourth-order valence-corrected chi connectivity index (χ4v) is 2.77. The average Bonchev–Trinajstić information content (AvgIpc) is 2.52. The quantitative estimate of drug-likeness (QED) is 0.869. The maximum Gasteiger partial charge on any atom is 0.0967 e. The van der Waals surface area contributed by atoms with Crippen LogP contribution in [0.15, 0.2) is 30.3 Å². The van der Waals surface area contributed by atoms with E-state index in [4.69, 9.17) is 5.26 Å². The molecule has 2 rings (SSSR count). The number of nitrogens with one attached hydrogen (secondary N) is 1. The van der Waals surface area contributed by atoms with Crippen LogP contribution >= 0.6 is 0 Å². The third kappa shape index (κ3) is 5.04. The number of nitrogens with zero attached hydrogens (tertiary/aromatic N) is 3. The van der Waals surface area contributed by atoms with E-state index in [9.17, 15) is 0 Å². The van der Waals surface area contributed by atoms with Gasteiger partial charge in [-0.15, -0.1) is 0 Å². The second kappa shape index (κ2) is 8.02. The Hall–Kier alpha value is -1.57. The van der Waals surface area contributed by atoms with Crippen LogP contribution in [0.25, 0.3) is 0 Å². The molecule has 1 aliphatic rings. The smallest absolute Gasteiger partial charge is 0.0967 e. The van der Waals surface area contributed by atoms with Gasteiger partial charge < -0.3 is 4.90 Å². The molecule has 1 saturated heterocycles. The fourth-order valence-electron chi connectivity index (χ4n) is 2.77. The number of para-hydroxylation sites is 1. The first-order valence-corrected chi connectivity index (χ1v) is 7.87. The van der Waals surface area contributed by atoms with Crippen LogP contribution in [-0.2, 0) is 0 Å². The van der Waals surface area contributed by atoms with E-state index in [1.54, 1.807) is 0 Å². The van der Waals surface area contributed by atoms with E-state index in [-0.39, 0.29) is 6.04 Å². The van der Waals surface area contributed by atoms with Crippen LogP contribution in [0.5, 0.6) is 0 Å². The maximum absolute atomic E-state index is 9.16. The molecule has 1 aromatic rings. The Kier molecular flexibility index (Phi) is 6.04. The molecule has 114 valence electrons. The number of hydrogen-bond donors (Lipinski definition) is 1. The van der Waals surface area contributed by atoms with Crippen LogP contribution in [0.3, 0.4) is 0 Å². The molecule has 0 amide bonds. The molecular formula is C17H26N4. The minimum Gasteiger partial charge on any atom is -0.369 e. The second-order valence-corrected chi connectivity index (χ2v) is 5.96. The number of hydrogen-bond acceptors (Lipinski definition) is 4. The predicted octanol–water partition coefficient (Wildman–Crippen LogP) is 2.09. The lowest BCUT2D eigenvalue weighted by atomic mass is 10.1. The molecule has 1 atom stereocenters. The van der Waals surface area contributed by atoms with Crippen molar-refractivity contribution < 1.29 is 0 Å². The first-order valence-electron chi connectivity index (χ1n) is 7.87. The third-order valence-electron chi connectivity index (χ3n) is 3.92. The fraction of sp³-hybridized carbons (Fsp3) is 0.588. The van der Waals surface area contributed by atoms with Crippen molar-refractivity contribution >= 4 is 5.69 Å².